The molecule has 3 unspecified atom stereocenters. The van der Waals surface area contributed by atoms with Gasteiger partial charge in [0.1, 0.15) is 6.04 Å². The van der Waals surface area contributed by atoms with Crippen molar-refractivity contribution in [2.24, 2.45) is 5.92 Å². The van der Waals surface area contributed by atoms with E-state index in [2.05, 4.69) is 5.32 Å². The van der Waals surface area contributed by atoms with Gasteiger partial charge >= 0.3 is 12.0 Å². The minimum Gasteiger partial charge on any atom is -0.480 e. The Hall–Kier alpha value is -1.79. The van der Waals surface area contributed by atoms with Gasteiger partial charge in [-0.25, -0.2) is 9.59 Å². The fourth-order valence-electron chi connectivity index (χ4n) is 3.77. The number of likely N-dealkylation sites (tertiary alicyclic amines) is 2. The van der Waals surface area contributed by atoms with Crippen LogP contribution in [0.3, 0.4) is 0 Å². The van der Waals surface area contributed by atoms with Gasteiger partial charge in [-0.1, -0.05) is 0 Å². The minimum absolute atomic E-state index is 0.0194. The Labute approximate surface area is 123 Å². The van der Waals surface area contributed by atoms with Crippen molar-refractivity contribution in [3.05, 3.63) is 0 Å². The van der Waals surface area contributed by atoms with Crippen molar-refractivity contribution in [1.29, 1.82) is 0 Å². The van der Waals surface area contributed by atoms with Crippen LogP contribution in [0.1, 0.15) is 32.1 Å². The lowest BCUT2D eigenvalue weighted by Crippen LogP contribution is -2.58. The van der Waals surface area contributed by atoms with Crippen LogP contribution < -0.4 is 5.32 Å². The smallest absolute Gasteiger partial charge is 0.326 e. The maximum absolute atomic E-state index is 12.8. The zero-order chi connectivity index (χ0) is 15.0. The molecule has 3 saturated heterocycles. The number of carbonyl (C=O) groups excluding carboxylic acids is 2. The lowest BCUT2D eigenvalue weighted by Gasteiger charge is -2.42. The molecule has 7 nitrogen and oxygen atoms in total. The molecule has 21 heavy (non-hydrogen) atoms. The van der Waals surface area contributed by atoms with E-state index in [1.807, 2.05) is 0 Å². The first-order valence-corrected chi connectivity index (χ1v) is 7.67. The SMILES string of the molecule is O=C1NCC2C1CCCN2C(=O)N1CCCCC1C(=O)O. The number of rotatable bonds is 1. The number of piperidine rings is 2. The van der Waals surface area contributed by atoms with Crippen LogP contribution in [0.25, 0.3) is 0 Å². The van der Waals surface area contributed by atoms with Crippen molar-refractivity contribution >= 4 is 17.9 Å². The Kier molecular flexibility index (Phi) is 3.73. The van der Waals surface area contributed by atoms with E-state index < -0.39 is 12.0 Å². The van der Waals surface area contributed by atoms with E-state index in [0.29, 0.717) is 26.1 Å². The number of amides is 3. The van der Waals surface area contributed by atoms with Crippen LogP contribution >= 0.6 is 0 Å². The van der Waals surface area contributed by atoms with Crippen LogP contribution in [0.2, 0.25) is 0 Å². The number of carboxylic acids is 1. The molecule has 0 aromatic heterocycles. The van der Waals surface area contributed by atoms with Gasteiger partial charge in [0.15, 0.2) is 0 Å². The molecule has 3 fully saturated rings. The Morgan fingerprint density at radius 3 is 2.62 bits per heavy atom. The van der Waals surface area contributed by atoms with Gasteiger partial charge in [-0.05, 0) is 32.1 Å². The van der Waals surface area contributed by atoms with Gasteiger partial charge in [0.2, 0.25) is 5.91 Å². The maximum atomic E-state index is 12.8. The quantitative estimate of drug-likeness (QED) is 0.726. The second-order valence-corrected chi connectivity index (χ2v) is 6.08. The number of nitrogens with zero attached hydrogens (tertiary/aromatic N) is 2. The summed E-state index contributed by atoms with van der Waals surface area (Å²) in [7, 11) is 0. The van der Waals surface area contributed by atoms with E-state index in [-0.39, 0.29) is 23.9 Å². The first-order valence-electron chi connectivity index (χ1n) is 7.67. The van der Waals surface area contributed by atoms with Crippen LogP contribution in [0, 0.1) is 5.92 Å². The van der Waals surface area contributed by atoms with Crippen molar-refractivity contribution in [2.75, 3.05) is 19.6 Å². The van der Waals surface area contributed by atoms with E-state index in [1.165, 1.54) is 4.90 Å². The monoisotopic (exact) mass is 295 g/mol. The molecule has 7 heteroatoms. The maximum Gasteiger partial charge on any atom is 0.326 e. The van der Waals surface area contributed by atoms with Gasteiger partial charge in [-0.3, -0.25) is 4.79 Å². The topological polar surface area (TPSA) is 90.0 Å². The highest BCUT2D eigenvalue weighted by Crippen LogP contribution is 2.29. The number of hydrogen-bond acceptors (Lipinski definition) is 3. The van der Waals surface area contributed by atoms with Crippen molar-refractivity contribution in [1.82, 2.24) is 15.1 Å². The van der Waals surface area contributed by atoms with Crippen molar-refractivity contribution in [3.8, 4) is 0 Å². The van der Waals surface area contributed by atoms with Crippen LogP contribution in [-0.4, -0.2) is 64.5 Å². The van der Waals surface area contributed by atoms with Gasteiger partial charge in [0.05, 0.1) is 12.0 Å². The largest absolute Gasteiger partial charge is 0.480 e. The van der Waals surface area contributed by atoms with Gasteiger partial charge in [0, 0.05) is 19.6 Å². The number of aliphatic carboxylic acids is 1. The Morgan fingerprint density at radius 1 is 1.10 bits per heavy atom. The lowest BCUT2D eigenvalue weighted by molar-refractivity contribution is -0.143. The highest BCUT2D eigenvalue weighted by Gasteiger charge is 2.45. The van der Waals surface area contributed by atoms with E-state index >= 15 is 0 Å². The number of fused-ring (bicyclic) bond motifs is 1. The Bertz CT molecular complexity index is 467. The fraction of sp³-hybridized carbons (Fsp3) is 0.786. The van der Waals surface area contributed by atoms with Crippen molar-refractivity contribution in [3.63, 3.8) is 0 Å². The summed E-state index contributed by atoms with van der Waals surface area (Å²) in [5.41, 5.74) is 0. The van der Waals surface area contributed by atoms with Crippen molar-refractivity contribution < 1.29 is 19.5 Å². The third-order valence-corrected chi connectivity index (χ3v) is 4.88. The van der Waals surface area contributed by atoms with Crippen molar-refractivity contribution in [2.45, 2.75) is 44.2 Å². The zero-order valence-electron chi connectivity index (χ0n) is 12.0. The zero-order valence-corrected chi connectivity index (χ0v) is 12.0. The summed E-state index contributed by atoms with van der Waals surface area (Å²) >= 11 is 0. The molecule has 3 aliphatic rings. The summed E-state index contributed by atoms with van der Waals surface area (Å²) in [5, 5.41) is 12.1. The molecule has 0 saturated carbocycles. The predicted octanol–water partition coefficient (Wildman–Crippen LogP) is 0.256. The van der Waals surface area contributed by atoms with E-state index in [4.69, 9.17) is 0 Å². The molecular formula is C14H21N3O4. The molecule has 3 aliphatic heterocycles. The molecule has 0 aliphatic carbocycles. The first-order chi connectivity index (χ1) is 10.1. The first kappa shape index (κ1) is 14.2. The molecule has 0 radical (unpaired) electrons. The van der Waals surface area contributed by atoms with E-state index in [9.17, 15) is 19.5 Å². The number of urea groups is 1. The summed E-state index contributed by atoms with van der Waals surface area (Å²) in [6.07, 6.45) is 3.80. The standard InChI is InChI=1S/C14H21N3O4/c18-12-9-4-3-7-17(11(9)8-15-12)14(21)16-6-2-1-5-10(16)13(19)20/h9-11H,1-8H2,(H,15,18)(H,19,20). The van der Waals surface area contributed by atoms with Crippen LogP contribution in [-0.2, 0) is 9.59 Å². The predicted molar refractivity (Wildman–Crippen MR) is 73.6 cm³/mol. The molecule has 3 amide bonds. The van der Waals surface area contributed by atoms with Gasteiger partial charge < -0.3 is 20.2 Å². The third kappa shape index (κ3) is 2.45. The van der Waals surface area contributed by atoms with E-state index in [1.54, 1.807) is 4.90 Å². The van der Waals surface area contributed by atoms with Crippen LogP contribution in [0.15, 0.2) is 0 Å². The number of carboxylic acid groups (broad SMARTS) is 1. The molecule has 3 rings (SSSR count). The average Bonchev–Trinajstić information content (AvgIpc) is 2.88. The highest BCUT2D eigenvalue weighted by atomic mass is 16.4. The Balaban J connectivity index is 1.77. The molecule has 0 spiro atoms. The molecule has 3 heterocycles. The summed E-state index contributed by atoms with van der Waals surface area (Å²) in [4.78, 5) is 39.1. The second-order valence-electron chi connectivity index (χ2n) is 6.08. The lowest BCUT2D eigenvalue weighted by atomic mass is 9.91. The molecule has 0 bridgehead atoms. The molecule has 0 aromatic rings. The summed E-state index contributed by atoms with van der Waals surface area (Å²) in [6, 6.07) is -1.06. The summed E-state index contributed by atoms with van der Waals surface area (Å²) < 4.78 is 0. The van der Waals surface area contributed by atoms with Gasteiger partial charge in [-0.15, -0.1) is 0 Å². The number of nitrogens with one attached hydrogen (secondary N) is 1. The molecule has 116 valence electrons. The second kappa shape index (κ2) is 5.54. The number of hydrogen-bond donors (Lipinski definition) is 2. The molecule has 3 atom stereocenters. The highest BCUT2D eigenvalue weighted by molar-refractivity contribution is 5.86. The summed E-state index contributed by atoms with van der Waals surface area (Å²) in [5.74, 6) is -1.04. The van der Waals surface area contributed by atoms with Crippen LogP contribution in [0.4, 0.5) is 4.79 Å². The number of carbonyl (C=O) groups is 3. The average molecular weight is 295 g/mol. The van der Waals surface area contributed by atoms with Crippen LogP contribution in [0.5, 0.6) is 0 Å². The molecular weight excluding hydrogens is 274 g/mol. The Morgan fingerprint density at radius 2 is 1.86 bits per heavy atom. The minimum atomic E-state index is -0.933. The molecule has 2 N–H and O–H groups in total. The van der Waals surface area contributed by atoms with Gasteiger partial charge in [-0.2, -0.15) is 0 Å². The van der Waals surface area contributed by atoms with Gasteiger partial charge in [0.25, 0.3) is 0 Å². The summed E-state index contributed by atoms with van der Waals surface area (Å²) in [6.45, 7) is 1.59. The third-order valence-electron chi connectivity index (χ3n) is 4.88. The fourth-order valence-corrected chi connectivity index (χ4v) is 3.77. The normalized spacial score (nSPS) is 32.6. The molecule has 0 aromatic carbocycles. The van der Waals surface area contributed by atoms with E-state index in [0.717, 1.165) is 25.7 Å².